The van der Waals surface area contributed by atoms with Gasteiger partial charge in [0, 0.05) is 46.3 Å². The number of para-hydroxylation sites is 2. The Morgan fingerprint density at radius 3 is 1.22 bits per heavy atom. The van der Waals surface area contributed by atoms with Gasteiger partial charge in [-0.15, -0.1) is 0 Å². The molecule has 6 heteroatoms. The van der Waals surface area contributed by atoms with E-state index in [1.54, 1.807) is 0 Å². The Kier molecular flexibility index (Phi) is 7.75. The Morgan fingerprint density at radius 2 is 0.767 bits per heavy atom. The van der Waals surface area contributed by atoms with Crippen LogP contribution in [0.4, 0.5) is 34.1 Å². The third kappa shape index (κ3) is 4.85. The summed E-state index contributed by atoms with van der Waals surface area (Å²) in [4.78, 5) is 15.0. The fourth-order valence-electron chi connectivity index (χ4n) is 10.6. The topological polar surface area (TPSA) is 32.3 Å². The smallest absolute Gasteiger partial charge is 0.251 e. The molecule has 0 atom stereocenters. The summed E-state index contributed by atoms with van der Waals surface area (Å²) in [6.45, 7) is 4.31. The van der Waals surface area contributed by atoms with E-state index < -0.39 is 8.07 Å². The molecule has 2 aromatic heterocycles. The van der Waals surface area contributed by atoms with Gasteiger partial charge in [-0.05, 0) is 123 Å². The normalized spacial score (nSPS) is 13.9. The van der Waals surface area contributed by atoms with E-state index in [1.807, 2.05) is 12.4 Å². The average Bonchev–Trinajstić information content (AvgIpc) is 3.30. The molecule has 3 aliphatic heterocycles. The van der Waals surface area contributed by atoms with E-state index in [0.29, 0.717) is 0 Å². The van der Waals surface area contributed by atoms with Crippen LogP contribution in [-0.2, 0) is 0 Å². The van der Waals surface area contributed by atoms with Crippen molar-refractivity contribution in [2.75, 3.05) is 9.80 Å². The second kappa shape index (κ2) is 13.4. The molecule has 0 fully saturated rings. The molecule has 9 aromatic rings. The predicted molar refractivity (Wildman–Crippen MR) is 254 cm³/mol. The molecule has 7 aromatic carbocycles. The van der Waals surface area contributed by atoms with Crippen LogP contribution in [0.25, 0.3) is 22.5 Å². The summed E-state index contributed by atoms with van der Waals surface area (Å²) < 4.78 is 0. The van der Waals surface area contributed by atoms with E-state index in [4.69, 9.17) is 9.97 Å². The number of hydrogen-bond acceptors (Lipinski definition) is 4. The molecule has 282 valence electrons. The lowest BCUT2D eigenvalue weighted by molar-refractivity contribution is 1.23. The molecule has 0 unspecified atom stereocenters. The average molecular weight is 783 g/mol. The molecule has 0 bridgehead atoms. The van der Waals surface area contributed by atoms with Gasteiger partial charge >= 0.3 is 0 Å². The largest absolute Gasteiger partial charge is 0.311 e. The lowest BCUT2D eigenvalue weighted by Crippen LogP contribution is -2.88. The summed E-state index contributed by atoms with van der Waals surface area (Å²) in [7, 11) is -2.96. The van der Waals surface area contributed by atoms with Crippen molar-refractivity contribution in [3.05, 3.63) is 212 Å². The number of benzene rings is 7. The molecule has 4 nitrogen and oxygen atoms in total. The molecule has 0 amide bonds. The van der Waals surface area contributed by atoms with Crippen LogP contribution in [0.5, 0.6) is 0 Å². The lowest BCUT2D eigenvalue weighted by Gasteiger charge is -2.51. The van der Waals surface area contributed by atoms with Crippen LogP contribution in [0.2, 0.25) is 0 Å². The van der Waals surface area contributed by atoms with Crippen molar-refractivity contribution in [3.8, 4) is 22.5 Å². The number of pyridine rings is 2. The van der Waals surface area contributed by atoms with Gasteiger partial charge in [0.2, 0.25) is 0 Å². The number of aryl methyl sites for hydroxylation is 2. The van der Waals surface area contributed by atoms with Crippen molar-refractivity contribution in [2.45, 2.75) is 13.8 Å². The van der Waals surface area contributed by atoms with E-state index in [1.165, 1.54) is 71.0 Å². The summed E-state index contributed by atoms with van der Waals surface area (Å²) >= 11 is 0. The molecular weight excluding hydrogens is 744 g/mol. The van der Waals surface area contributed by atoms with Crippen molar-refractivity contribution in [2.24, 2.45) is 0 Å². The summed E-state index contributed by atoms with van der Waals surface area (Å²) in [5.74, 6) is 0. The second-order valence-corrected chi connectivity index (χ2v) is 20.0. The number of nitrogens with zero attached hydrogens (tertiary/aromatic N) is 4. The maximum atomic E-state index is 4.96. The SMILES string of the molecule is Cc1ccnc(-c2ccccc2N2c3cccc4c3B3c5c2cccc5[Si](c2ccccc2)(c2ccccc2)c2cccc(c23)N4c2ccccc2-c2cc(C)ccn2)c1. The van der Waals surface area contributed by atoms with Gasteiger partial charge in [0.1, 0.15) is 0 Å². The molecule has 5 heterocycles. The fraction of sp³-hybridized carbons (Fsp3) is 0.0370. The van der Waals surface area contributed by atoms with Crippen LogP contribution >= 0.6 is 0 Å². The quantitative estimate of drug-likeness (QED) is 0.159. The first kappa shape index (κ1) is 34.7. The van der Waals surface area contributed by atoms with Crippen LogP contribution < -0.4 is 46.9 Å². The van der Waals surface area contributed by atoms with Crippen LogP contribution in [0.1, 0.15) is 11.1 Å². The van der Waals surface area contributed by atoms with Gasteiger partial charge in [-0.25, -0.2) is 0 Å². The first-order valence-electron chi connectivity index (χ1n) is 20.8. The highest BCUT2D eigenvalue weighted by Gasteiger charge is 2.56. The lowest BCUT2D eigenvalue weighted by atomic mass is 9.33. The Morgan fingerprint density at radius 1 is 0.383 bits per heavy atom. The molecule has 12 rings (SSSR count). The van der Waals surface area contributed by atoms with E-state index in [-0.39, 0.29) is 6.71 Å². The van der Waals surface area contributed by atoms with Crippen LogP contribution in [0, 0.1) is 13.8 Å². The first-order chi connectivity index (χ1) is 29.6. The van der Waals surface area contributed by atoms with E-state index in [2.05, 4.69) is 212 Å². The highest BCUT2D eigenvalue weighted by atomic mass is 28.3. The van der Waals surface area contributed by atoms with Gasteiger partial charge in [0.25, 0.3) is 6.71 Å². The highest BCUT2D eigenvalue weighted by Crippen LogP contribution is 2.48. The Hall–Kier alpha value is -7.28. The van der Waals surface area contributed by atoms with Crippen molar-refractivity contribution in [3.63, 3.8) is 0 Å². The number of aromatic nitrogens is 2. The fourth-order valence-corrected chi connectivity index (χ4v) is 15.9. The van der Waals surface area contributed by atoms with Crippen molar-refractivity contribution in [1.29, 1.82) is 0 Å². The maximum absolute atomic E-state index is 4.96. The van der Waals surface area contributed by atoms with Crippen molar-refractivity contribution >= 4 is 86.0 Å². The third-order valence-electron chi connectivity index (χ3n) is 13.0. The maximum Gasteiger partial charge on any atom is 0.251 e. The van der Waals surface area contributed by atoms with E-state index in [9.17, 15) is 0 Å². The minimum absolute atomic E-state index is 0.0164. The minimum atomic E-state index is -2.96. The predicted octanol–water partition coefficient (Wildman–Crippen LogP) is 8.20. The molecule has 3 aliphatic rings. The molecular formula is C54H39BN4Si. The highest BCUT2D eigenvalue weighted by molar-refractivity contribution is 7.27. The zero-order chi connectivity index (χ0) is 40.0. The van der Waals surface area contributed by atoms with Crippen LogP contribution in [-0.4, -0.2) is 24.8 Å². The first-order valence-corrected chi connectivity index (χ1v) is 22.8. The van der Waals surface area contributed by atoms with Gasteiger partial charge in [-0.2, -0.15) is 0 Å². The van der Waals surface area contributed by atoms with Gasteiger partial charge in [0.05, 0.1) is 22.8 Å². The van der Waals surface area contributed by atoms with Crippen molar-refractivity contribution < 1.29 is 0 Å². The summed E-state index contributed by atoms with van der Waals surface area (Å²) in [5, 5.41) is 5.66. The molecule has 0 N–H and O–H groups in total. The minimum Gasteiger partial charge on any atom is -0.311 e. The molecule has 60 heavy (non-hydrogen) atoms. The van der Waals surface area contributed by atoms with Gasteiger partial charge in [-0.3, -0.25) is 9.97 Å². The van der Waals surface area contributed by atoms with Gasteiger partial charge in [0.15, 0.2) is 8.07 Å². The second-order valence-electron chi connectivity index (χ2n) is 16.2. The summed E-state index contributed by atoms with van der Waals surface area (Å²) in [5.41, 5.74) is 17.7. The number of rotatable bonds is 6. The molecule has 0 spiro atoms. The Bertz CT molecular complexity index is 2960. The van der Waals surface area contributed by atoms with Crippen molar-refractivity contribution in [1.82, 2.24) is 9.97 Å². The number of anilines is 6. The Labute approximate surface area is 352 Å². The van der Waals surface area contributed by atoms with E-state index in [0.717, 1.165) is 33.9 Å². The standard InChI is InChI=1S/C54H39BN4Si/c1-36-30-32-56-42(34-36)40-20-9-11-22-44(40)58-46-24-13-25-47-52(46)55-53-48(58)26-14-28-50(53)60(38-16-5-3-6-17-38,39-18-7-4-8-19-39)51-29-15-27-49(54(51)55)59(47)45-23-12-10-21-41(45)43-35-37(2)31-33-57-43/h3-35H,1-2H3. The zero-order valence-corrected chi connectivity index (χ0v) is 34.4. The molecule has 0 radical (unpaired) electrons. The number of hydrogen-bond donors (Lipinski definition) is 0. The van der Waals surface area contributed by atoms with E-state index >= 15 is 0 Å². The summed E-state index contributed by atoms with van der Waals surface area (Å²) in [6, 6.07) is 70.1. The monoisotopic (exact) mass is 782 g/mol. The van der Waals surface area contributed by atoms with Gasteiger partial charge < -0.3 is 9.80 Å². The molecule has 0 aliphatic carbocycles. The van der Waals surface area contributed by atoms with Gasteiger partial charge in [-0.1, -0.05) is 127 Å². The Balaban J connectivity index is 1.25. The molecule has 0 saturated heterocycles. The third-order valence-corrected chi connectivity index (χ3v) is 17.8. The van der Waals surface area contributed by atoms with Crippen LogP contribution in [0.15, 0.2) is 200 Å². The zero-order valence-electron chi connectivity index (χ0n) is 33.4. The van der Waals surface area contributed by atoms with Crippen LogP contribution in [0.3, 0.4) is 0 Å². The molecule has 0 saturated carbocycles. The summed E-state index contributed by atoms with van der Waals surface area (Å²) in [6.07, 6.45) is 3.86.